The number of hydrogen-bond donors (Lipinski definition) is 1. The Morgan fingerprint density at radius 2 is 2.29 bits per heavy atom. The number of hydrogen-bond acceptors (Lipinski definition) is 4. The smallest absolute Gasteiger partial charge is 0.0897 e. The molecule has 0 saturated carbocycles. The third-order valence-electron chi connectivity index (χ3n) is 4.12. The molecule has 1 aliphatic heterocycles. The molecule has 2 rings (SSSR count). The molecule has 0 amide bonds. The van der Waals surface area contributed by atoms with E-state index in [4.69, 9.17) is 4.74 Å². The van der Waals surface area contributed by atoms with Crippen LogP contribution in [-0.4, -0.2) is 48.8 Å². The fourth-order valence-corrected chi connectivity index (χ4v) is 3.00. The molecular weight excluding hydrogens is 262 g/mol. The van der Waals surface area contributed by atoms with Gasteiger partial charge in [0, 0.05) is 25.5 Å². The van der Waals surface area contributed by atoms with Gasteiger partial charge in [-0.25, -0.2) is 0 Å². The summed E-state index contributed by atoms with van der Waals surface area (Å²) in [6.45, 7) is 11.6. The summed E-state index contributed by atoms with van der Waals surface area (Å²) in [5, 5.41) is 3.67. The van der Waals surface area contributed by atoms with Crippen LogP contribution in [0.5, 0.6) is 0 Å². The Balaban J connectivity index is 2.13. The van der Waals surface area contributed by atoms with E-state index in [1.807, 2.05) is 12.4 Å². The summed E-state index contributed by atoms with van der Waals surface area (Å²) < 4.78 is 6.09. The second-order valence-electron chi connectivity index (χ2n) is 5.87. The molecule has 0 bridgehead atoms. The first-order valence-electron chi connectivity index (χ1n) is 8.24. The molecular formula is C17H29N3O. The Bertz CT molecular complexity index is 422. The van der Waals surface area contributed by atoms with Crippen molar-refractivity contribution in [2.45, 2.75) is 45.8 Å². The van der Waals surface area contributed by atoms with Gasteiger partial charge in [0.15, 0.2) is 0 Å². The van der Waals surface area contributed by atoms with Gasteiger partial charge in [0.25, 0.3) is 0 Å². The van der Waals surface area contributed by atoms with Gasteiger partial charge in [-0.3, -0.25) is 9.88 Å². The van der Waals surface area contributed by atoms with E-state index in [-0.39, 0.29) is 12.1 Å². The molecule has 0 aliphatic carbocycles. The first-order valence-corrected chi connectivity index (χ1v) is 8.24. The predicted octanol–water partition coefficient (Wildman–Crippen LogP) is 2.54. The van der Waals surface area contributed by atoms with Crippen LogP contribution in [0.25, 0.3) is 0 Å². The van der Waals surface area contributed by atoms with Crippen molar-refractivity contribution in [3.8, 4) is 0 Å². The van der Waals surface area contributed by atoms with Crippen molar-refractivity contribution in [3.63, 3.8) is 0 Å². The van der Waals surface area contributed by atoms with Crippen LogP contribution in [0.3, 0.4) is 0 Å². The van der Waals surface area contributed by atoms with E-state index >= 15 is 0 Å². The molecule has 2 unspecified atom stereocenters. The molecule has 1 fully saturated rings. The summed E-state index contributed by atoms with van der Waals surface area (Å²) in [4.78, 5) is 6.83. The number of nitrogens with one attached hydrogen (secondary N) is 1. The normalized spacial score (nSPS) is 21.4. The maximum Gasteiger partial charge on any atom is 0.0897 e. The van der Waals surface area contributed by atoms with Gasteiger partial charge in [0.1, 0.15) is 0 Å². The molecule has 1 N–H and O–H groups in total. The van der Waals surface area contributed by atoms with Crippen LogP contribution >= 0.6 is 0 Å². The zero-order chi connectivity index (χ0) is 15.1. The number of ether oxygens (including phenoxy) is 1. The molecule has 1 aliphatic rings. The van der Waals surface area contributed by atoms with Crippen molar-refractivity contribution < 1.29 is 4.74 Å². The number of nitrogens with zero attached hydrogens (tertiary/aromatic N) is 2. The number of aryl methyl sites for hydroxylation is 1. The fraction of sp³-hybridized carbons (Fsp3) is 0.706. The molecule has 2 heterocycles. The average molecular weight is 291 g/mol. The van der Waals surface area contributed by atoms with Crippen molar-refractivity contribution in [2.75, 3.05) is 32.8 Å². The van der Waals surface area contributed by atoms with E-state index in [2.05, 4.69) is 42.0 Å². The third kappa shape index (κ3) is 4.50. The first kappa shape index (κ1) is 16.4. The molecule has 0 aromatic carbocycles. The van der Waals surface area contributed by atoms with Crippen LogP contribution in [-0.2, 0) is 4.74 Å². The topological polar surface area (TPSA) is 37.4 Å². The lowest BCUT2D eigenvalue weighted by Crippen LogP contribution is -2.48. The Morgan fingerprint density at radius 3 is 3.00 bits per heavy atom. The standard InChI is InChI=1S/C17H29N3O/c1-4-7-19-17(15-12-18-8-6-14(15)3)16-13-20(9-5-2)10-11-21-16/h6,8,12,16-17,19H,4-5,7,9-11,13H2,1-3H3. The molecule has 1 aromatic heterocycles. The van der Waals surface area contributed by atoms with Gasteiger partial charge < -0.3 is 10.1 Å². The second-order valence-corrected chi connectivity index (χ2v) is 5.87. The number of morpholine rings is 1. The van der Waals surface area contributed by atoms with Gasteiger partial charge in [0.2, 0.25) is 0 Å². The van der Waals surface area contributed by atoms with Gasteiger partial charge in [-0.2, -0.15) is 0 Å². The molecule has 4 nitrogen and oxygen atoms in total. The van der Waals surface area contributed by atoms with Crippen molar-refractivity contribution >= 4 is 0 Å². The highest BCUT2D eigenvalue weighted by Crippen LogP contribution is 2.24. The summed E-state index contributed by atoms with van der Waals surface area (Å²) in [5.74, 6) is 0. The molecule has 21 heavy (non-hydrogen) atoms. The summed E-state index contributed by atoms with van der Waals surface area (Å²) in [5.41, 5.74) is 2.56. The summed E-state index contributed by atoms with van der Waals surface area (Å²) in [6.07, 6.45) is 6.39. The number of rotatable bonds is 7. The van der Waals surface area contributed by atoms with Crippen LogP contribution < -0.4 is 5.32 Å². The van der Waals surface area contributed by atoms with E-state index in [0.29, 0.717) is 0 Å². The Kier molecular flexibility index (Phi) is 6.61. The highest BCUT2D eigenvalue weighted by Gasteiger charge is 2.29. The largest absolute Gasteiger partial charge is 0.374 e. The van der Waals surface area contributed by atoms with Gasteiger partial charge in [-0.1, -0.05) is 13.8 Å². The van der Waals surface area contributed by atoms with Crippen LogP contribution in [0, 0.1) is 6.92 Å². The highest BCUT2D eigenvalue weighted by atomic mass is 16.5. The zero-order valence-corrected chi connectivity index (χ0v) is 13.6. The van der Waals surface area contributed by atoms with E-state index in [1.165, 1.54) is 17.5 Å². The van der Waals surface area contributed by atoms with Gasteiger partial charge in [-0.05, 0) is 50.0 Å². The first-order chi connectivity index (χ1) is 10.3. The second kappa shape index (κ2) is 8.47. The Labute approximate surface area is 128 Å². The van der Waals surface area contributed by atoms with E-state index < -0.39 is 0 Å². The maximum atomic E-state index is 6.09. The lowest BCUT2D eigenvalue weighted by molar-refractivity contribution is -0.0471. The molecule has 118 valence electrons. The monoisotopic (exact) mass is 291 g/mol. The van der Waals surface area contributed by atoms with Gasteiger partial charge >= 0.3 is 0 Å². The van der Waals surface area contributed by atoms with Crippen molar-refractivity contribution in [2.24, 2.45) is 0 Å². The SMILES string of the molecule is CCCNC(c1cnccc1C)C1CN(CCC)CCO1. The van der Waals surface area contributed by atoms with Crippen molar-refractivity contribution in [1.29, 1.82) is 0 Å². The van der Waals surface area contributed by atoms with Gasteiger partial charge in [0.05, 0.1) is 18.8 Å². The molecule has 0 spiro atoms. The quantitative estimate of drug-likeness (QED) is 0.838. The fourth-order valence-electron chi connectivity index (χ4n) is 3.00. The van der Waals surface area contributed by atoms with Crippen LogP contribution in [0.15, 0.2) is 18.5 Å². The Morgan fingerprint density at radius 1 is 1.43 bits per heavy atom. The van der Waals surface area contributed by atoms with E-state index in [1.54, 1.807) is 0 Å². The molecule has 2 atom stereocenters. The predicted molar refractivity (Wildman–Crippen MR) is 86.5 cm³/mol. The molecule has 1 aromatic rings. The van der Waals surface area contributed by atoms with Crippen LogP contribution in [0.1, 0.15) is 43.9 Å². The lowest BCUT2D eigenvalue weighted by atomic mass is 9.97. The van der Waals surface area contributed by atoms with Crippen molar-refractivity contribution in [1.82, 2.24) is 15.2 Å². The van der Waals surface area contributed by atoms with Crippen LogP contribution in [0.2, 0.25) is 0 Å². The van der Waals surface area contributed by atoms with Crippen molar-refractivity contribution in [3.05, 3.63) is 29.6 Å². The number of aromatic nitrogens is 1. The minimum atomic E-state index is 0.208. The van der Waals surface area contributed by atoms with Gasteiger partial charge in [-0.15, -0.1) is 0 Å². The minimum absolute atomic E-state index is 0.208. The Hall–Kier alpha value is -0.970. The lowest BCUT2D eigenvalue weighted by Gasteiger charge is -2.37. The molecule has 1 saturated heterocycles. The maximum absolute atomic E-state index is 6.09. The highest BCUT2D eigenvalue weighted by molar-refractivity contribution is 5.26. The average Bonchev–Trinajstić information content (AvgIpc) is 2.50. The minimum Gasteiger partial charge on any atom is -0.374 e. The summed E-state index contributed by atoms with van der Waals surface area (Å²) in [6, 6.07) is 2.32. The summed E-state index contributed by atoms with van der Waals surface area (Å²) >= 11 is 0. The van der Waals surface area contributed by atoms with E-state index in [9.17, 15) is 0 Å². The third-order valence-corrected chi connectivity index (χ3v) is 4.12. The van der Waals surface area contributed by atoms with E-state index in [0.717, 1.165) is 39.2 Å². The number of pyridine rings is 1. The summed E-state index contributed by atoms with van der Waals surface area (Å²) in [7, 11) is 0. The molecule has 4 heteroatoms. The molecule has 0 radical (unpaired) electrons. The zero-order valence-electron chi connectivity index (χ0n) is 13.6. The van der Waals surface area contributed by atoms with Crippen LogP contribution in [0.4, 0.5) is 0 Å².